The van der Waals surface area contributed by atoms with Gasteiger partial charge in [-0.3, -0.25) is 4.99 Å². The van der Waals surface area contributed by atoms with Gasteiger partial charge < -0.3 is 0 Å². The molecule has 1 aliphatic carbocycles. The van der Waals surface area contributed by atoms with E-state index in [2.05, 4.69) is 17.1 Å². The molecule has 11 heavy (non-hydrogen) atoms. The first-order chi connectivity index (χ1) is 5.38. The fraction of sp³-hybridized carbons (Fsp3) is 0.500. The number of nitrogens with zero attached hydrogens (tertiary/aromatic N) is 1. The summed E-state index contributed by atoms with van der Waals surface area (Å²) in [5.74, 6) is 0. The lowest BCUT2D eigenvalue weighted by atomic mass is 10.1. The van der Waals surface area contributed by atoms with Crippen molar-refractivity contribution in [1.29, 1.82) is 0 Å². The van der Waals surface area contributed by atoms with Crippen LogP contribution >= 0.6 is 0 Å². The maximum atomic E-state index is 4.22. The zero-order valence-electron chi connectivity index (χ0n) is 7.30. The third-order valence-electron chi connectivity index (χ3n) is 1.94. The summed E-state index contributed by atoms with van der Waals surface area (Å²) >= 11 is 0. The molecule has 0 aromatic rings. The van der Waals surface area contributed by atoms with Crippen LogP contribution in [-0.4, -0.2) is 12.8 Å². The monoisotopic (exact) mass is 149 g/mol. The first-order valence-corrected chi connectivity index (χ1v) is 4.17. The predicted molar refractivity (Wildman–Crippen MR) is 50.1 cm³/mol. The minimum atomic E-state index is 1.16. The van der Waals surface area contributed by atoms with Gasteiger partial charge in [-0.15, -0.1) is 0 Å². The Balaban J connectivity index is 2.70. The van der Waals surface area contributed by atoms with Crippen molar-refractivity contribution < 1.29 is 0 Å². The first-order valence-electron chi connectivity index (χ1n) is 4.17. The van der Waals surface area contributed by atoms with Crippen molar-refractivity contribution >= 4 is 5.71 Å². The van der Waals surface area contributed by atoms with Crippen molar-refractivity contribution in [3.05, 3.63) is 23.8 Å². The fourth-order valence-corrected chi connectivity index (χ4v) is 1.39. The van der Waals surface area contributed by atoms with E-state index in [0.717, 1.165) is 5.71 Å². The molecular formula is C10H15N. The second-order valence-electron chi connectivity index (χ2n) is 2.73. The molecule has 0 aromatic carbocycles. The van der Waals surface area contributed by atoms with E-state index in [1.54, 1.807) is 0 Å². The Morgan fingerprint density at radius 3 is 2.91 bits per heavy atom. The summed E-state index contributed by atoms with van der Waals surface area (Å²) in [4.78, 5) is 4.22. The second-order valence-corrected chi connectivity index (χ2v) is 2.73. The molecule has 0 aromatic heterocycles. The van der Waals surface area contributed by atoms with Crippen LogP contribution < -0.4 is 0 Å². The van der Waals surface area contributed by atoms with Crippen LogP contribution in [0.5, 0.6) is 0 Å². The van der Waals surface area contributed by atoms with Gasteiger partial charge in [0.2, 0.25) is 0 Å². The zero-order chi connectivity index (χ0) is 8.10. The maximum Gasteiger partial charge on any atom is 0.0596 e. The molecular weight excluding hydrogens is 134 g/mol. The number of hydrogen-bond donors (Lipinski definition) is 0. The Labute approximate surface area is 68.5 Å². The van der Waals surface area contributed by atoms with Gasteiger partial charge in [0.05, 0.1) is 5.71 Å². The van der Waals surface area contributed by atoms with E-state index >= 15 is 0 Å². The van der Waals surface area contributed by atoms with Crippen LogP contribution in [0.3, 0.4) is 0 Å². The SMILES string of the molecule is C/C=C\C(=N/C)C1=CCCC1. The number of allylic oxidation sites excluding steroid dienone is 4. The first kappa shape index (κ1) is 8.25. The Kier molecular flexibility index (Phi) is 3.09. The van der Waals surface area contributed by atoms with Gasteiger partial charge in [-0.2, -0.15) is 0 Å². The Morgan fingerprint density at radius 1 is 1.64 bits per heavy atom. The number of rotatable bonds is 2. The Morgan fingerprint density at radius 2 is 2.45 bits per heavy atom. The standard InChI is InChI=1S/C10H15N/c1-3-6-10(11-2)9-7-4-5-8-9/h3,6-7H,4-5,8H2,1-2H3/b6-3-,11-10+. The average molecular weight is 149 g/mol. The highest BCUT2D eigenvalue weighted by Crippen LogP contribution is 2.19. The third kappa shape index (κ3) is 2.04. The van der Waals surface area contributed by atoms with Crippen LogP contribution in [0.15, 0.2) is 28.8 Å². The molecule has 0 atom stereocenters. The second kappa shape index (κ2) is 4.12. The van der Waals surface area contributed by atoms with Crippen LogP contribution in [-0.2, 0) is 0 Å². The molecule has 1 aliphatic rings. The summed E-state index contributed by atoms with van der Waals surface area (Å²) in [5, 5.41) is 0. The van der Waals surface area contributed by atoms with Crippen molar-refractivity contribution in [1.82, 2.24) is 0 Å². The summed E-state index contributed by atoms with van der Waals surface area (Å²) in [6.45, 7) is 2.03. The van der Waals surface area contributed by atoms with Crippen LogP contribution in [0.1, 0.15) is 26.2 Å². The van der Waals surface area contributed by atoms with Gasteiger partial charge in [0.1, 0.15) is 0 Å². The summed E-state index contributed by atoms with van der Waals surface area (Å²) < 4.78 is 0. The summed E-state index contributed by atoms with van der Waals surface area (Å²) in [7, 11) is 1.86. The van der Waals surface area contributed by atoms with Crippen LogP contribution in [0.25, 0.3) is 0 Å². The van der Waals surface area contributed by atoms with Crippen molar-refractivity contribution in [3.8, 4) is 0 Å². The van der Waals surface area contributed by atoms with E-state index < -0.39 is 0 Å². The van der Waals surface area contributed by atoms with Crippen molar-refractivity contribution in [2.45, 2.75) is 26.2 Å². The molecule has 0 amide bonds. The van der Waals surface area contributed by atoms with Crippen molar-refractivity contribution in [2.24, 2.45) is 4.99 Å². The molecule has 0 unspecified atom stereocenters. The minimum Gasteiger partial charge on any atom is -0.288 e. The third-order valence-corrected chi connectivity index (χ3v) is 1.94. The van der Waals surface area contributed by atoms with Crippen LogP contribution in [0.2, 0.25) is 0 Å². The molecule has 0 fully saturated rings. The van der Waals surface area contributed by atoms with Gasteiger partial charge in [0.15, 0.2) is 0 Å². The van der Waals surface area contributed by atoms with Gasteiger partial charge >= 0.3 is 0 Å². The molecule has 1 nitrogen and oxygen atoms in total. The quantitative estimate of drug-likeness (QED) is 0.535. The number of hydrogen-bond acceptors (Lipinski definition) is 1. The molecule has 0 aliphatic heterocycles. The highest BCUT2D eigenvalue weighted by Gasteiger charge is 2.07. The fourth-order valence-electron chi connectivity index (χ4n) is 1.39. The van der Waals surface area contributed by atoms with E-state index in [-0.39, 0.29) is 0 Å². The average Bonchev–Trinajstić information content (AvgIpc) is 2.52. The molecule has 0 radical (unpaired) electrons. The number of aliphatic imine (C=N–C) groups is 1. The Bertz CT molecular complexity index is 209. The van der Waals surface area contributed by atoms with Crippen molar-refractivity contribution in [3.63, 3.8) is 0 Å². The topological polar surface area (TPSA) is 12.4 Å². The minimum absolute atomic E-state index is 1.16. The normalized spacial score (nSPS) is 19.5. The van der Waals surface area contributed by atoms with Gasteiger partial charge in [-0.05, 0) is 37.8 Å². The van der Waals surface area contributed by atoms with Gasteiger partial charge in [-0.25, -0.2) is 0 Å². The lowest BCUT2D eigenvalue weighted by molar-refractivity contribution is 0.920. The van der Waals surface area contributed by atoms with E-state index in [1.807, 2.05) is 20.0 Å². The maximum absolute atomic E-state index is 4.22. The molecule has 0 N–H and O–H groups in total. The van der Waals surface area contributed by atoms with E-state index in [4.69, 9.17) is 0 Å². The molecule has 0 spiro atoms. The van der Waals surface area contributed by atoms with E-state index in [0.29, 0.717) is 0 Å². The predicted octanol–water partition coefficient (Wildman–Crippen LogP) is 2.74. The van der Waals surface area contributed by atoms with Crippen molar-refractivity contribution in [2.75, 3.05) is 7.05 Å². The molecule has 1 rings (SSSR count). The summed E-state index contributed by atoms with van der Waals surface area (Å²) in [6, 6.07) is 0. The van der Waals surface area contributed by atoms with Crippen LogP contribution in [0, 0.1) is 0 Å². The smallest absolute Gasteiger partial charge is 0.0596 e. The van der Waals surface area contributed by atoms with Crippen LogP contribution in [0.4, 0.5) is 0 Å². The molecule has 0 heterocycles. The molecule has 60 valence electrons. The molecule has 1 heteroatoms. The van der Waals surface area contributed by atoms with Gasteiger partial charge in [-0.1, -0.05) is 12.2 Å². The van der Waals surface area contributed by atoms with E-state index in [9.17, 15) is 0 Å². The molecule has 0 saturated carbocycles. The highest BCUT2D eigenvalue weighted by atomic mass is 14.7. The highest BCUT2D eigenvalue weighted by molar-refractivity contribution is 6.08. The van der Waals surface area contributed by atoms with Gasteiger partial charge in [0.25, 0.3) is 0 Å². The molecule has 0 bridgehead atoms. The summed E-state index contributed by atoms with van der Waals surface area (Å²) in [6.07, 6.45) is 10.1. The van der Waals surface area contributed by atoms with Gasteiger partial charge in [0, 0.05) is 7.05 Å². The molecule has 0 saturated heterocycles. The van der Waals surface area contributed by atoms with E-state index in [1.165, 1.54) is 24.8 Å². The lowest BCUT2D eigenvalue weighted by Crippen LogP contribution is -1.95. The zero-order valence-corrected chi connectivity index (χ0v) is 7.30. The Hall–Kier alpha value is -0.850. The summed E-state index contributed by atoms with van der Waals surface area (Å²) in [5.41, 5.74) is 2.58. The largest absolute Gasteiger partial charge is 0.288 e. The lowest BCUT2D eigenvalue weighted by Gasteiger charge is -1.98.